The van der Waals surface area contributed by atoms with Crippen LogP contribution in [0.15, 0.2) is 30.6 Å². The fourth-order valence-electron chi connectivity index (χ4n) is 2.45. The monoisotopic (exact) mass is 346 g/mol. The summed E-state index contributed by atoms with van der Waals surface area (Å²) >= 11 is 0. The van der Waals surface area contributed by atoms with Crippen LogP contribution in [0.1, 0.15) is 0 Å². The van der Waals surface area contributed by atoms with E-state index in [1.165, 1.54) is 24.5 Å². The maximum atomic E-state index is 13.8. The molecule has 9 heteroatoms. The van der Waals surface area contributed by atoms with E-state index in [4.69, 9.17) is 10.5 Å². The van der Waals surface area contributed by atoms with Crippen molar-refractivity contribution >= 4 is 17.5 Å². The van der Waals surface area contributed by atoms with Gasteiger partial charge in [-0.25, -0.2) is 19.2 Å². The Kier molecular flexibility index (Phi) is 4.66. The molecule has 0 saturated carbocycles. The minimum atomic E-state index is -0.599. The van der Waals surface area contributed by atoms with Gasteiger partial charge in [-0.1, -0.05) is 0 Å². The number of ether oxygens (including phenoxy) is 1. The van der Waals surface area contributed by atoms with Crippen molar-refractivity contribution in [3.05, 3.63) is 36.4 Å². The molecule has 1 aromatic carbocycles. The molecule has 0 aliphatic carbocycles. The van der Waals surface area contributed by atoms with Gasteiger partial charge in [0.25, 0.3) is 0 Å². The number of amides is 2. The summed E-state index contributed by atoms with van der Waals surface area (Å²) in [6.45, 7) is 1.66. The molecule has 2 aromatic rings. The van der Waals surface area contributed by atoms with Crippen molar-refractivity contribution in [1.29, 1.82) is 0 Å². The van der Waals surface area contributed by atoms with Gasteiger partial charge in [0, 0.05) is 38.0 Å². The smallest absolute Gasteiger partial charge is 0.323 e. The Bertz CT molecular complexity index is 781. The van der Waals surface area contributed by atoms with Crippen LogP contribution in [0.5, 0.6) is 11.6 Å². The molecule has 0 atom stereocenters. The fourth-order valence-corrected chi connectivity index (χ4v) is 2.45. The van der Waals surface area contributed by atoms with Crippen molar-refractivity contribution in [3.8, 4) is 11.6 Å². The molecule has 2 amide bonds. The van der Waals surface area contributed by atoms with Crippen molar-refractivity contribution in [1.82, 2.24) is 19.8 Å². The van der Waals surface area contributed by atoms with Crippen LogP contribution in [-0.2, 0) is 0 Å². The van der Waals surface area contributed by atoms with Gasteiger partial charge in [-0.05, 0) is 19.2 Å². The first-order chi connectivity index (χ1) is 11.9. The minimum Gasteiger partial charge on any atom is -0.436 e. The molecule has 1 saturated heterocycles. The molecule has 1 aliphatic heterocycles. The van der Waals surface area contributed by atoms with E-state index in [1.807, 2.05) is 7.05 Å². The Balaban J connectivity index is 1.66. The lowest BCUT2D eigenvalue weighted by molar-refractivity contribution is 0.0925. The number of urea groups is 1. The Hall–Kier alpha value is -2.94. The summed E-state index contributed by atoms with van der Waals surface area (Å²) in [6.07, 6.45) is 1.23. The molecule has 0 radical (unpaired) electrons. The zero-order valence-corrected chi connectivity index (χ0v) is 13.9. The molecule has 132 valence electrons. The van der Waals surface area contributed by atoms with E-state index in [0.717, 1.165) is 19.2 Å². The Morgan fingerprint density at radius 2 is 2.16 bits per heavy atom. The Labute approximate surface area is 144 Å². The largest absolute Gasteiger partial charge is 0.436 e. The van der Waals surface area contributed by atoms with Crippen molar-refractivity contribution in [3.63, 3.8) is 0 Å². The third-order valence-corrected chi connectivity index (χ3v) is 3.96. The number of anilines is 2. The van der Waals surface area contributed by atoms with Crippen LogP contribution in [0, 0.1) is 5.82 Å². The van der Waals surface area contributed by atoms with Gasteiger partial charge in [0.1, 0.15) is 12.1 Å². The topological polar surface area (TPSA) is 96.6 Å². The highest BCUT2D eigenvalue weighted by Crippen LogP contribution is 2.25. The molecule has 1 aliphatic rings. The first-order valence-electron chi connectivity index (χ1n) is 7.69. The number of aromatic nitrogens is 2. The van der Waals surface area contributed by atoms with Crippen molar-refractivity contribution in [2.75, 3.05) is 38.2 Å². The van der Waals surface area contributed by atoms with Gasteiger partial charge in [-0.3, -0.25) is 5.32 Å². The summed E-state index contributed by atoms with van der Waals surface area (Å²) < 4.78 is 19.2. The third kappa shape index (κ3) is 3.94. The highest BCUT2D eigenvalue weighted by Gasteiger charge is 2.29. The molecule has 0 unspecified atom stereocenters. The number of likely N-dealkylation sites (tertiary alicyclic amines) is 1. The number of nitrogens with two attached hydrogens (primary N) is 1. The van der Waals surface area contributed by atoms with E-state index in [-0.39, 0.29) is 29.5 Å². The van der Waals surface area contributed by atoms with Gasteiger partial charge in [-0.15, -0.1) is 0 Å². The Morgan fingerprint density at radius 3 is 2.84 bits per heavy atom. The fraction of sp³-hybridized carbons (Fsp3) is 0.312. The molecular formula is C16H19FN6O2. The molecule has 0 bridgehead atoms. The van der Waals surface area contributed by atoms with E-state index in [2.05, 4.69) is 20.2 Å². The number of rotatable bonds is 4. The molecule has 2 heterocycles. The van der Waals surface area contributed by atoms with E-state index in [1.54, 1.807) is 11.9 Å². The number of nitrogen functional groups attached to an aromatic ring is 1. The van der Waals surface area contributed by atoms with Crippen LogP contribution in [0.4, 0.5) is 20.7 Å². The quantitative estimate of drug-likeness (QED) is 0.819. The van der Waals surface area contributed by atoms with Gasteiger partial charge in [0.05, 0.1) is 6.04 Å². The first-order valence-corrected chi connectivity index (χ1v) is 7.69. The van der Waals surface area contributed by atoms with E-state index >= 15 is 0 Å². The van der Waals surface area contributed by atoms with E-state index in [9.17, 15) is 9.18 Å². The summed E-state index contributed by atoms with van der Waals surface area (Å²) in [5.41, 5.74) is 5.80. The lowest BCUT2D eigenvalue weighted by Crippen LogP contribution is -2.58. The first kappa shape index (κ1) is 16.9. The number of likely N-dealkylation sites (N-methyl/N-ethyl adjacent to an activating group) is 2. The number of nitrogens with one attached hydrogen (secondary N) is 1. The zero-order valence-electron chi connectivity index (χ0n) is 13.9. The SMILES string of the molecule is CN1CC(N(C)C(=O)Nc2cc(Oc3ccc(N)cc3F)ncn2)C1. The van der Waals surface area contributed by atoms with Crippen LogP contribution < -0.4 is 15.8 Å². The lowest BCUT2D eigenvalue weighted by atomic mass is 10.1. The number of carbonyl (C=O) groups is 1. The summed E-state index contributed by atoms with van der Waals surface area (Å²) in [6, 6.07) is 5.41. The van der Waals surface area contributed by atoms with Crippen molar-refractivity contribution < 1.29 is 13.9 Å². The van der Waals surface area contributed by atoms with Crippen LogP contribution >= 0.6 is 0 Å². The second-order valence-electron chi connectivity index (χ2n) is 5.95. The predicted molar refractivity (Wildman–Crippen MR) is 91.0 cm³/mol. The number of benzene rings is 1. The number of nitrogens with zero attached hydrogens (tertiary/aromatic N) is 4. The second kappa shape index (κ2) is 6.89. The molecule has 1 fully saturated rings. The highest BCUT2D eigenvalue weighted by atomic mass is 19.1. The number of halogens is 1. The average Bonchev–Trinajstić information content (AvgIpc) is 2.54. The van der Waals surface area contributed by atoms with Crippen molar-refractivity contribution in [2.24, 2.45) is 0 Å². The third-order valence-electron chi connectivity index (χ3n) is 3.96. The maximum Gasteiger partial charge on any atom is 0.323 e. The van der Waals surface area contributed by atoms with Gasteiger partial charge >= 0.3 is 6.03 Å². The number of hydrogen-bond donors (Lipinski definition) is 2. The summed E-state index contributed by atoms with van der Waals surface area (Å²) in [4.78, 5) is 23.9. The van der Waals surface area contributed by atoms with E-state index in [0.29, 0.717) is 5.69 Å². The molecule has 3 N–H and O–H groups in total. The maximum absolute atomic E-state index is 13.8. The van der Waals surface area contributed by atoms with Crippen molar-refractivity contribution in [2.45, 2.75) is 6.04 Å². The molecule has 8 nitrogen and oxygen atoms in total. The van der Waals surface area contributed by atoms with Crippen LogP contribution in [0.3, 0.4) is 0 Å². The van der Waals surface area contributed by atoms with Gasteiger partial charge in [-0.2, -0.15) is 0 Å². The summed E-state index contributed by atoms with van der Waals surface area (Å²) in [5, 5.41) is 2.68. The number of carbonyl (C=O) groups excluding carboxylic acids is 1. The molecule has 0 spiro atoms. The normalized spacial score (nSPS) is 14.7. The minimum absolute atomic E-state index is 0.0141. The van der Waals surface area contributed by atoms with Gasteiger partial charge in [0.15, 0.2) is 11.6 Å². The highest BCUT2D eigenvalue weighted by molar-refractivity contribution is 5.88. The van der Waals surface area contributed by atoms with Crippen LogP contribution in [0.2, 0.25) is 0 Å². The van der Waals surface area contributed by atoms with Gasteiger partial charge in [0.2, 0.25) is 5.88 Å². The van der Waals surface area contributed by atoms with Crippen LogP contribution in [0.25, 0.3) is 0 Å². The van der Waals surface area contributed by atoms with E-state index < -0.39 is 5.82 Å². The summed E-state index contributed by atoms with van der Waals surface area (Å²) in [5.74, 6) is -0.233. The average molecular weight is 346 g/mol. The lowest BCUT2D eigenvalue weighted by Gasteiger charge is -2.41. The molecule has 1 aromatic heterocycles. The standard InChI is InChI=1S/C16H19FN6O2/c1-22-7-11(8-22)23(2)16(24)21-14-6-15(20-9-19-14)25-13-4-3-10(18)5-12(13)17/h3-6,9,11H,7-8,18H2,1-2H3,(H,19,20,21,24). The molecule has 3 rings (SSSR count). The second-order valence-corrected chi connectivity index (χ2v) is 5.95. The Morgan fingerprint density at radius 1 is 1.40 bits per heavy atom. The van der Waals surface area contributed by atoms with Gasteiger partial charge < -0.3 is 20.3 Å². The van der Waals surface area contributed by atoms with Crippen LogP contribution in [-0.4, -0.2) is 59.0 Å². The molecular weight excluding hydrogens is 327 g/mol. The molecule has 25 heavy (non-hydrogen) atoms. The predicted octanol–water partition coefficient (Wildman–Crippen LogP) is 1.77. The number of hydrogen-bond acceptors (Lipinski definition) is 6. The summed E-state index contributed by atoms with van der Waals surface area (Å²) in [7, 11) is 3.72. The zero-order chi connectivity index (χ0) is 18.0.